The molecule has 32 heavy (non-hydrogen) atoms. The van der Waals surface area contributed by atoms with Gasteiger partial charge in [-0.3, -0.25) is 24.6 Å². The molecule has 4 rings (SSSR count). The smallest absolute Gasteiger partial charge is 0.284 e. The minimum absolute atomic E-state index is 0.0699. The van der Waals surface area contributed by atoms with Crippen molar-refractivity contribution in [2.45, 2.75) is 22.6 Å². The molecule has 2 aliphatic heterocycles. The molecule has 0 aromatic heterocycles. The van der Waals surface area contributed by atoms with Gasteiger partial charge in [-0.05, 0) is 37.1 Å². The van der Waals surface area contributed by atoms with Crippen LogP contribution < -0.4 is 0 Å². The second-order valence-corrected chi connectivity index (χ2v) is 9.13. The van der Waals surface area contributed by atoms with Crippen LogP contribution in [0.5, 0.6) is 0 Å². The predicted molar refractivity (Wildman–Crippen MR) is 122 cm³/mol. The van der Waals surface area contributed by atoms with Crippen molar-refractivity contribution in [1.29, 1.82) is 0 Å². The number of amides is 2. The van der Waals surface area contributed by atoms with E-state index in [1.54, 1.807) is 17.0 Å². The molecule has 2 saturated heterocycles. The van der Waals surface area contributed by atoms with E-state index in [0.717, 1.165) is 30.8 Å². The lowest BCUT2D eigenvalue weighted by Gasteiger charge is -2.35. The van der Waals surface area contributed by atoms with Gasteiger partial charge < -0.3 is 9.80 Å². The van der Waals surface area contributed by atoms with E-state index in [1.165, 1.54) is 17.8 Å². The normalized spacial score (nSPS) is 16.9. The molecule has 168 valence electrons. The summed E-state index contributed by atoms with van der Waals surface area (Å²) >= 11 is 1.31. The Bertz CT molecular complexity index is 987. The molecule has 2 aromatic rings. The minimum atomic E-state index is -0.441. The van der Waals surface area contributed by atoms with Gasteiger partial charge >= 0.3 is 0 Å². The molecule has 2 amide bonds. The van der Waals surface area contributed by atoms with E-state index in [0.29, 0.717) is 43.2 Å². The molecule has 0 radical (unpaired) electrons. The average molecular weight is 455 g/mol. The second kappa shape index (κ2) is 10.1. The highest BCUT2D eigenvalue weighted by atomic mass is 32.2. The highest BCUT2D eigenvalue weighted by Crippen LogP contribution is 2.35. The van der Waals surface area contributed by atoms with Crippen LogP contribution in [0.2, 0.25) is 0 Å². The first-order valence-electron chi connectivity index (χ1n) is 10.8. The molecule has 0 bridgehead atoms. The van der Waals surface area contributed by atoms with Gasteiger partial charge in [-0.2, -0.15) is 0 Å². The number of carbonyl (C=O) groups excluding carboxylic acids is 2. The lowest BCUT2D eigenvalue weighted by molar-refractivity contribution is -0.387. The van der Waals surface area contributed by atoms with Crippen molar-refractivity contribution in [2.24, 2.45) is 0 Å². The summed E-state index contributed by atoms with van der Waals surface area (Å²) in [7, 11) is 0. The number of nitro groups is 1. The number of likely N-dealkylation sites (tertiary alicyclic amines) is 1. The first-order valence-corrected chi connectivity index (χ1v) is 11.6. The van der Waals surface area contributed by atoms with Gasteiger partial charge in [0.25, 0.3) is 11.6 Å². The Balaban J connectivity index is 1.38. The first kappa shape index (κ1) is 22.3. The van der Waals surface area contributed by atoms with E-state index in [9.17, 15) is 19.7 Å². The molecule has 0 unspecified atom stereocenters. The van der Waals surface area contributed by atoms with Crippen LogP contribution in [0.15, 0.2) is 58.3 Å². The number of piperazine rings is 1. The Labute approximate surface area is 191 Å². The zero-order chi connectivity index (χ0) is 22.5. The molecule has 0 atom stereocenters. The summed E-state index contributed by atoms with van der Waals surface area (Å²) in [5.41, 5.74) is 0.246. The van der Waals surface area contributed by atoms with Gasteiger partial charge in [0.1, 0.15) is 0 Å². The van der Waals surface area contributed by atoms with Crippen molar-refractivity contribution in [3.05, 3.63) is 64.2 Å². The number of nitrogens with zero attached hydrogens (tertiary/aromatic N) is 4. The Morgan fingerprint density at radius 3 is 2.25 bits per heavy atom. The van der Waals surface area contributed by atoms with Crippen LogP contribution in [0.4, 0.5) is 5.69 Å². The lowest BCUT2D eigenvalue weighted by atomic mass is 10.1. The van der Waals surface area contributed by atoms with E-state index in [2.05, 4.69) is 4.90 Å². The van der Waals surface area contributed by atoms with Gasteiger partial charge in [0.2, 0.25) is 5.91 Å². The fraction of sp³-hybridized carbons (Fsp3) is 0.391. The van der Waals surface area contributed by atoms with Crippen LogP contribution in [0.1, 0.15) is 23.2 Å². The Kier molecular flexibility index (Phi) is 7.06. The van der Waals surface area contributed by atoms with Crippen molar-refractivity contribution in [3.8, 4) is 0 Å². The van der Waals surface area contributed by atoms with Crippen LogP contribution in [0.25, 0.3) is 0 Å². The van der Waals surface area contributed by atoms with E-state index in [-0.39, 0.29) is 17.5 Å². The fourth-order valence-electron chi connectivity index (χ4n) is 4.04. The van der Waals surface area contributed by atoms with E-state index < -0.39 is 4.92 Å². The zero-order valence-corrected chi connectivity index (χ0v) is 18.6. The van der Waals surface area contributed by atoms with Crippen molar-refractivity contribution in [1.82, 2.24) is 14.7 Å². The standard InChI is InChI=1S/C23H26N4O4S/c28-22(25-10-4-5-11-25)17-24-12-14-26(15-13-24)23(29)18-8-9-21(20(16-18)27(30)31)32-19-6-2-1-3-7-19/h1-3,6-9,16H,4-5,10-15,17H2. The Hall–Kier alpha value is -2.91. The molecular weight excluding hydrogens is 428 g/mol. The molecule has 0 N–H and O–H groups in total. The summed E-state index contributed by atoms with van der Waals surface area (Å²) in [6, 6.07) is 14.1. The van der Waals surface area contributed by atoms with Crippen LogP contribution in [-0.4, -0.2) is 77.3 Å². The van der Waals surface area contributed by atoms with Gasteiger partial charge in [-0.1, -0.05) is 30.0 Å². The van der Waals surface area contributed by atoms with Gasteiger partial charge in [-0.15, -0.1) is 0 Å². The lowest BCUT2D eigenvalue weighted by Crippen LogP contribution is -2.51. The minimum Gasteiger partial charge on any atom is -0.342 e. The van der Waals surface area contributed by atoms with Crippen LogP contribution >= 0.6 is 11.8 Å². The zero-order valence-electron chi connectivity index (χ0n) is 17.8. The third-order valence-corrected chi connectivity index (χ3v) is 6.92. The number of nitro benzene ring substituents is 1. The Morgan fingerprint density at radius 2 is 1.59 bits per heavy atom. The van der Waals surface area contributed by atoms with Gasteiger partial charge in [0.05, 0.1) is 16.4 Å². The molecule has 0 aliphatic carbocycles. The van der Waals surface area contributed by atoms with E-state index in [1.807, 2.05) is 35.2 Å². The number of hydrogen-bond acceptors (Lipinski definition) is 6. The largest absolute Gasteiger partial charge is 0.342 e. The topological polar surface area (TPSA) is 87.0 Å². The van der Waals surface area contributed by atoms with Crippen LogP contribution in [0.3, 0.4) is 0 Å². The molecule has 0 spiro atoms. The van der Waals surface area contributed by atoms with Gasteiger partial charge in [0, 0.05) is 55.8 Å². The van der Waals surface area contributed by atoms with Crippen molar-refractivity contribution in [2.75, 3.05) is 45.8 Å². The SMILES string of the molecule is O=C(CN1CCN(C(=O)c2ccc(Sc3ccccc3)c([N+](=O)[O-])c2)CC1)N1CCCC1. The summed E-state index contributed by atoms with van der Waals surface area (Å²) in [4.78, 5) is 43.6. The molecule has 8 nitrogen and oxygen atoms in total. The third-order valence-electron chi connectivity index (χ3n) is 5.85. The molecular formula is C23H26N4O4S. The number of hydrogen-bond donors (Lipinski definition) is 0. The summed E-state index contributed by atoms with van der Waals surface area (Å²) in [5.74, 6) is -0.0562. The summed E-state index contributed by atoms with van der Waals surface area (Å²) in [6.45, 7) is 4.31. The summed E-state index contributed by atoms with van der Waals surface area (Å²) in [6.07, 6.45) is 2.14. The molecule has 2 aliphatic rings. The third kappa shape index (κ3) is 5.28. The highest BCUT2D eigenvalue weighted by Gasteiger charge is 2.27. The maximum atomic E-state index is 13.0. The predicted octanol–water partition coefficient (Wildman–Crippen LogP) is 3.13. The summed E-state index contributed by atoms with van der Waals surface area (Å²) < 4.78 is 0. The van der Waals surface area contributed by atoms with E-state index >= 15 is 0 Å². The average Bonchev–Trinajstić information content (AvgIpc) is 3.35. The number of rotatable bonds is 6. The van der Waals surface area contributed by atoms with Crippen molar-refractivity contribution < 1.29 is 14.5 Å². The van der Waals surface area contributed by atoms with Gasteiger partial charge in [-0.25, -0.2) is 0 Å². The summed E-state index contributed by atoms with van der Waals surface area (Å²) in [5, 5.41) is 11.6. The highest BCUT2D eigenvalue weighted by molar-refractivity contribution is 7.99. The number of carbonyl (C=O) groups is 2. The van der Waals surface area contributed by atoms with Gasteiger partial charge in [0.15, 0.2) is 0 Å². The maximum Gasteiger partial charge on any atom is 0.284 e. The monoisotopic (exact) mass is 454 g/mol. The maximum absolute atomic E-state index is 13.0. The quantitative estimate of drug-likeness (QED) is 0.492. The first-order chi connectivity index (χ1) is 15.5. The molecule has 9 heteroatoms. The molecule has 2 aromatic carbocycles. The number of benzene rings is 2. The van der Waals surface area contributed by atoms with Crippen molar-refractivity contribution >= 4 is 29.3 Å². The fourth-order valence-corrected chi connectivity index (χ4v) is 4.97. The van der Waals surface area contributed by atoms with Crippen LogP contribution in [0, 0.1) is 10.1 Å². The second-order valence-electron chi connectivity index (χ2n) is 8.01. The Morgan fingerprint density at radius 1 is 0.906 bits per heavy atom. The molecule has 2 fully saturated rings. The van der Waals surface area contributed by atoms with Crippen LogP contribution in [-0.2, 0) is 4.79 Å². The van der Waals surface area contributed by atoms with Crippen molar-refractivity contribution in [3.63, 3.8) is 0 Å². The molecule has 2 heterocycles. The van der Waals surface area contributed by atoms with E-state index in [4.69, 9.17) is 0 Å². The molecule has 0 saturated carbocycles.